The van der Waals surface area contributed by atoms with Crippen LogP contribution in [0, 0.1) is 0 Å². The molecule has 1 amide bonds. The van der Waals surface area contributed by atoms with Crippen molar-refractivity contribution in [3.05, 3.63) is 43.2 Å². The van der Waals surface area contributed by atoms with E-state index in [9.17, 15) is 4.79 Å². The van der Waals surface area contributed by atoms with E-state index in [1.165, 1.54) is 0 Å². The van der Waals surface area contributed by atoms with Crippen molar-refractivity contribution in [2.24, 2.45) is 5.10 Å². The van der Waals surface area contributed by atoms with Crippen LogP contribution >= 0.6 is 43.2 Å². The van der Waals surface area contributed by atoms with Crippen LogP contribution in [0.1, 0.15) is 22.3 Å². The summed E-state index contributed by atoms with van der Waals surface area (Å²) in [5.41, 5.74) is 3.74. The molecule has 2 N–H and O–H groups in total. The van der Waals surface area contributed by atoms with Gasteiger partial charge in [0.2, 0.25) is 0 Å². The first-order chi connectivity index (χ1) is 8.56. The van der Waals surface area contributed by atoms with Gasteiger partial charge in [0.15, 0.2) is 0 Å². The number of amides is 1. The maximum atomic E-state index is 11.7. The first-order valence-corrected chi connectivity index (χ1v) is 7.41. The highest BCUT2D eigenvalue weighted by atomic mass is 79.9. The van der Waals surface area contributed by atoms with Gasteiger partial charge in [-0.2, -0.15) is 5.10 Å². The molecule has 0 aliphatic heterocycles. The minimum atomic E-state index is -0.268. The van der Waals surface area contributed by atoms with E-state index in [4.69, 9.17) is 0 Å². The molecule has 4 nitrogen and oxygen atoms in total. The zero-order valence-corrected chi connectivity index (χ0v) is 13.3. The van der Waals surface area contributed by atoms with E-state index in [1.807, 2.05) is 19.1 Å². The van der Waals surface area contributed by atoms with Crippen molar-refractivity contribution in [1.82, 2.24) is 10.4 Å². The Kier molecular flexibility index (Phi) is 4.36. The van der Waals surface area contributed by atoms with Gasteiger partial charge < -0.3 is 4.98 Å². The highest BCUT2D eigenvalue weighted by Crippen LogP contribution is 2.22. The van der Waals surface area contributed by atoms with E-state index < -0.39 is 0 Å². The predicted molar refractivity (Wildman–Crippen MR) is 80.2 cm³/mol. The minimum absolute atomic E-state index is 0.268. The standard InChI is InChI=1S/C11H9Br2N3OS/c1-6(9-2-3-10(13)18-9)15-16-11(17)8-4-7(12)5-14-8/h2-5,14H,1H3,(H,16,17)/b15-6-. The summed E-state index contributed by atoms with van der Waals surface area (Å²) in [6, 6.07) is 5.59. The lowest BCUT2D eigenvalue weighted by Gasteiger charge is -1.99. The number of rotatable bonds is 3. The summed E-state index contributed by atoms with van der Waals surface area (Å²) < 4.78 is 1.86. The summed E-state index contributed by atoms with van der Waals surface area (Å²) in [4.78, 5) is 15.6. The number of carbonyl (C=O) groups excluding carboxylic acids is 1. The number of H-pyrrole nitrogens is 1. The third-order valence-corrected chi connectivity index (χ3v) is 4.34. The van der Waals surface area contributed by atoms with E-state index in [1.54, 1.807) is 23.6 Å². The molecule has 18 heavy (non-hydrogen) atoms. The van der Waals surface area contributed by atoms with E-state index >= 15 is 0 Å². The molecule has 0 saturated carbocycles. The van der Waals surface area contributed by atoms with E-state index in [0.29, 0.717) is 5.69 Å². The summed E-state index contributed by atoms with van der Waals surface area (Å²) in [6.45, 7) is 1.85. The van der Waals surface area contributed by atoms with Crippen molar-refractivity contribution in [2.75, 3.05) is 0 Å². The van der Waals surface area contributed by atoms with Gasteiger partial charge in [0, 0.05) is 10.7 Å². The molecule has 7 heteroatoms. The number of aromatic amines is 1. The van der Waals surface area contributed by atoms with E-state index in [2.05, 4.69) is 47.4 Å². The summed E-state index contributed by atoms with van der Waals surface area (Å²) in [5, 5.41) is 4.06. The topological polar surface area (TPSA) is 57.2 Å². The Bertz CT molecular complexity index is 603. The summed E-state index contributed by atoms with van der Waals surface area (Å²) >= 11 is 8.22. The number of halogens is 2. The predicted octanol–water partition coefficient (Wildman–Crippen LogP) is 3.76. The molecule has 0 unspecified atom stereocenters. The molecule has 94 valence electrons. The second-order valence-corrected chi connectivity index (χ2v) is 6.85. The highest BCUT2D eigenvalue weighted by Gasteiger charge is 2.07. The summed E-state index contributed by atoms with van der Waals surface area (Å²) in [7, 11) is 0. The summed E-state index contributed by atoms with van der Waals surface area (Å²) in [6.07, 6.45) is 1.70. The molecule has 0 spiro atoms. The second kappa shape index (κ2) is 5.81. The third kappa shape index (κ3) is 3.30. The van der Waals surface area contributed by atoms with Crippen LogP contribution in [0.2, 0.25) is 0 Å². The molecule has 2 heterocycles. The van der Waals surface area contributed by atoms with Crippen LogP contribution in [0.5, 0.6) is 0 Å². The normalized spacial score (nSPS) is 11.6. The number of hydrogen-bond donors (Lipinski definition) is 2. The van der Waals surface area contributed by atoms with Crippen molar-refractivity contribution < 1.29 is 4.79 Å². The molecule has 0 aliphatic carbocycles. The molecule has 0 radical (unpaired) electrons. The lowest BCUT2D eigenvalue weighted by molar-refractivity contribution is 0.0950. The lowest BCUT2D eigenvalue weighted by Crippen LogP contribution is -2.19. The smallest absolute Gasteiger partial charge is 0.287 e. The largest absolute Gasteiger partial charge is 0.356 e. The van der Waals surface area contributed by atoms with Crippen molar-refractivity contribution in [2.45, 2.75) is 6.92 Å². The number of hydrogen-bond acceptors (Lipinski definition) is 3. The van der Waals surface area contributed by atoms with Crippen molar-refractivity contribution in [1.29, 1.82) is 0 Å². The molecular weight excluding hydrogens is 382 g/mol. The molecule has 0 aromatic carbocycles. The zero-order chi connectivity index (χ0) is 13.1. The quantitative estimate of drug-likeness (QED) is 0.608. The van der Waals surface area contributed by atoms with Gasteiger partial charge in [-0.1, -0.05) is 0 Å². The monoisotopic (exact) mass is 389 g/mol. The molecule has 2 rings (SSSR count). The minimum Gasteiger partial charge on any atom is -0.356 e. The van der Waals surface area contributed by atoms with Crippen LogP contribution in [-0.4, -0.2) is 16.6 Å². The lowest BCUT2D eigenvalue weighted by atomic mass is 10.3. The zero-order valence-electron chi connectivity index (χ0n) is 9.33. The molecule has 2 aromatic rings. The molecule has 0 atom stereocenters. The van der Waals surface area contributed by atoms with Crippen LogP contribution in [-0.2, 0) is 0 Å². The van der Waals surface area contributed by atoms with E-state index in [-0.39, 0.29) is 5.91 Å². The fourth-order valence-corrected chi connectivity index (χ4v) is 2.93. The van der Waals surface area contributed by atoms with Crippen LogP contribution in [0.15, 0.2) is 37.8 Å². The Morgan fingerprint density at radius 2 is 2.22 bits per heavy atom. The van der Waals surface area contributed by atoms with Crippen molar-refractivity contribution in [3.8, 4) is 0 Å². The Hall–Kier alpha value is -0.920. The fraction of sp³-hybridized carbons (Fsp3) is 0.0909. The van der Waals surface area contributed by atoms with Gasteiger partial charge in [0.25, 0.3) is 5.91 Å². The molecular formula is C11H9Br2N3OS. The fourth-order valence-electron chi connectivity index (χ4n) is 1.26. The van der Waals surface area contributed by atoms with Gasteiger partial charge in [0.1, 0.15) is 5.69 Å². The van der Waals surface area contributed by atoms with Crippen LogP contribution in [0.3, 0.4) is 0 Å². The summed E-state index contributed by atoms with van der Waals surface area (Å²) in [5.74, 6) is -0.268. The van der Waals surface area contributed by atoms with Gasteiger partial charge in [-0.15, -0.1) is 11.3 Å². The van der Waals surface area contributed by atoms with Crippen molar-refractivity contribution >= 4 is 54.8 Å². The number of nitrogens with one attached hydrogen (secondary N) is 2. The molecule has 0 aliphatic rings. The van der Waals surface area contributed by atoms with Crippen molar-refractivity contribution in [3.63, 3.8) is 0 Å². The first kappa shape index (κ1) is 13.5. The average molecular weight is 391 g/mol. The molecule has 0 saturated heterocycles. The SMILES string of the molecule is C/C(=N/NC(=O)c1cc(Br)c[nH]1)c1ccc(Br)s1. The maximum Gasteiger partial charge on any atom is 0.287 e. The van der Waals surface area contributed by atoms with Gasteiger partial charge >= 0.3 is 0 Å². The number of aromatic nitrogens is 1. The average Bonchev–Trinajstić information content (AvgIpc) is 2.94. The Morgan fingerprint density at radius 1 is 1.44 bits per heavy atom. The van der Waals surface area contributed by atoms with Crippen LogP contribution < -0.4 is 5.43 Å². The number of thiophene rings is 1. The Labute approximate surface area is 125 Å². The Morgan fingerprint density at radius 3 is 2.78 bits per heavy atom. The third-order valence-electron chi connectivity index (χ3n) is 2.15. The molecule has 0 fully saturated rings. The number of nitrogens with zero attached hydrogens (tertiary/aromatic N) is 1. The van der Waals surface area contributed by atoms with E-state index in [0.717, 1.165) is 18.8 Å². The maximum absolute atomic E-state index is 11.7. The van der Waals surface area contributed by atoms with Gasteiger partial charge in [-0.05, 0) is 57.0 Å². The molecule has 2 aromatic heterocycles. The number of carbonyl (C=O) groups is 1. The first-order valence-electron chi connectivity index (χ1n) is 5.00. The van der Waals surface area contributed by atoms with Gasteiger partial charge in [-0.25, -0.2) is 5.43 Å². The van der Waals surface area contributed by atoms with Crippen LogP contribution in [0.25, 0.3) is 0 Å². The molecule has 0 bridgehead atoms. The Balaban J connectivity index is 2.04. The van der Waals surface area contributed by atoms with Gasteiger partial charge in [-0.3, -0.25) is 4.79 Å². The van der Waals surface area contributed by atoms with Gasteiger partial charge in [0.05, 0.1) is 14.4 Å². The number of hydrazone groups is 1. The second-order valence-electron chi connectivity index (χ2n) is 3.47. The van der Waals surface area contributed by atoms with Crippen LogP contribution in [0.4, 0.5) is 0 Å². The highest BCUT2D eigenvalue weighted by molar-refractivity contribution is 9.11.